The lowest BCUT2D eigenvalue weighted by atomic mass is 10.2. The summed E-state index contributed by atoms with van der Waals surface area (Å²) in [4.78, 5) is 28.6. The second-order valence-electron chi connectivity index (χ2n) is 5.41. The van der Waals surface area contributed by atoms with Gasteiger partial charge in [-0.15, -0.1) is 0 Å². The first-order chi connectivity index (χ1) is 11.8. The van der Waals surface area contributed by atoms with Crippen LogP contribution in [0.3, 0.4) is 0 Å². The van der Waals surface area contributed by atoms with Crippen LogP contribution >= 0.6 is 23.2 Å². The molecule has 0 bridgehead atoms. The maximum Gasteiger partial charge on any atom is 0.332 e. The van der Waals surface area contributed by atoms with Crippen molar-refractivity contribution in [1.29, 1.82) is 0 Å². The van der Waals surface area contributed by atoms with Gasteiger partial charge in [0.05, 0.1) is 11.2 Å². The normalized spacial score (nSPS) is 11.6. The van der Waals surface area contributed by atoms with E-state index in [0.29, 0.717) is 27.1 Å². The van der Waals surface area contributed by atoms with Gasteiger partial charge in [0.25, 0.3) is 5.56 Å². The van der Waals surface area contributed by atoms with E-state index in [2.05, 4.69) is 15.5 Å². The van der Waals surface area contributed by atoms with Gasteiger partial charge in [-0.2, -0.15) is 10.1 Å². The van der Waals surface area contributed by atoms with E-state index in [-0.39, 0.29) is 5.65 Å². The Morgan fingerprint density at radius 3 is 2.52 bits per heavy atom. The molecule has 0 aliphatic rings. The third kappa shape index (κ3) is 2.94. The topological polar surface area (TPSA) is 86.2 Å². The van der Waals surface area contributed by atoms with Crippen LogP contribution < -0.4 is 16.7 Å². The van der Waals surface area contributed by atoms with Crippen LogP contribution in [0.25, 0.3) is 11.2 Å². The Morgan fingerprint density at radius 2 is 1.84 bits per heavy atom. The van der Waals surface area contributed by atoms with Crippen molar-refractivity contribution < 1.29 is 0 Å². The standard InChI is InChI=1S/C15H14Cl2N6O2/c1-21-11-12(22(2)15(25)23(3)13(11)24)19-14(21)20-18-7-8-4-5-9(16)6-10(8)17/h4-7H,1-3H3,(H,19,20)/b18-7+. The fourth-order valence-electron chi connectivity index (χ4n) is 2.38. The van der Waals surface area contributed by atoms with Crippen LogP contribution in [0.4, 0.5) is 5.95 Å². The molecule has 0 spiro atoms. The van der Waals surface area contributed by atoms with Crippen LogP contribution in [-0.4, -0.2) is 24.9 Å². The first kappa shape index (κ1) is 17.2. The Morgan fingerprint density at radius 1 is 1.12 bits per heavy atom. The maximum absolute atomic E-state index is 12.3. The van der Waals surface area contributed by atoms with Crippen molar-refractivity contribution in [2.45, 2.75) is 0 Å². The molecule has 1 aromatic carbocycles. The summed E-state index contributed by atoms with van der Waals surface area (Å²) < 4.78 is 3.88. The van der Waals surface area contributed by atoms with Gasteiger partial charge in [-0.25, -0.2) is 10.2 Å². The number of anilines is 1. The van der Waals surface area contributed by atoms with Crippen molar-refractivity contribution in [3.8, 4) is 0 Å². The van der Waals surface area contributed by atoms with Crippen molar-refractivity contribution in [3.05, 3.63) is 54.6 Å². The number of aryl methyl sites for hydroxylation is 2. The fourth-order valence-corrected chi connectivity index (χ4v) is 2.84. The summed E-state index contributed by atoms with van der Waals surface area (Å²) in [5.41, 5.74) is 3.12. The zero-order valence-electron chi connectivity index (χ0n) is 13.6. The molecule has 0 saturated heterocycles. The molecule has 0 atom stereocenters. The van der Waals surface area contributed by atoms with E-state index in [1.165, 1.54) is 22.4 Å². The quantitative estimate of drug-likeness (QED) is 0.553. The second-order valence-corrected chi connectivity index (χ2v) is 6.25. The lowest BCUT2D eigenvalue weighted by Gasteiger charge is -2.03. The van der Waals surface area contributed by atoms with Crippen molar-refractivity contribution in [1.82, 2.24) is 18.7 Å². The van der Waals surface area contributed by atoms with E-state index in [1.807, 2.05) is 0 Å². The van der Waals surface area contributed by atoms with E-state index in [9.17, 15) is 9.59 Å². The van der Waals surface area contributed by atoms with Gasteiger partial charge in [0.2, 0.25) is 5.95 Å². The highest BCUT2D eigenvalue weighted by Crippen LogP contribution is 2.19. The summed E-state index contributed by atoms with van der Waals surface area (Å²) in [7, 11) is 4.64. The molecule has 3 rings (SSSR count). The highest BCUT2D eigenvalue weighted by atomic mass is 35.5. The van der Waals surface area contributed by atoms with E-state index in [1.54, 1.807) is 32.3 Å². The minimum atomic E-state index is -0.446. The molecule has 0 unspecified atom stereocenters. The monoisotopic (exact) mass is 380 g/mol. The Bertz CT molecular complexity index is 1130. The number of hydrazone groups is 1. The molecule has 0 aliphatic carbocycles. The van der Waals surface area contributed by atoms with Crippen molar-refractivity contribution >= 4 is 46.5 Å². The molecule has 3 aromatic rings. The van der Waals surface area contributed by atoms with Gasteiger partial charge in [0, 0.05) is 31.7 Å². The Labute approximate surface area is 151 Å². The van der Waals surface area contributed by atoms with Crippen molar-refractivity contribution in [3.63, 3.8) is 0 Å². The maximum atomic E-state index is 12.3. The largest absolute Gasteiger partial charge is 0.332 e. The fraction of sp³-hybridized carbons (Fsp3) is 0.200. The highest BCUT2D eigenvalue weighted by Gasteiger charge is 2.16. The molecule has 0 saturated carbocycles. The van der Waals surface area contributed by atoms with Gasteiger partial charge < -0.3 is 4.57 Å². The number of benzene rings is 1. The first-order valence-corrected chi connectivity index (χ1v) is 7.93. The third-order valence-electron chi connectivity index (χ3n) is 3.81. The van der Waals surface area contributed by atoms with Crippen molar-refractivity contribution in [2.75, 3.05) is 5.43 Å². The van der Waals surface area contributed by atoms with Crippen LogP contribution in [-0.2, 0) is 21.1 Å². The molecule has 1 N–H and O–H groups in total. The molecule has 0 radical (unpaired) electrons. The van der Waals surface area contributed by atoms with Crippen LogP contribution in [0.2, 0.25) is 10.0 Å². The van der Waals surface area contributed by atoms with Gasteiger partial charge in [-0.3, -0.25) is 13.9 Å². The van der Waals surface area contributed by atoms with E-state index in [4.69, 9.17) is 23.2 Å². The van der Waals surface area contributed by atoms with Crippen LogP contribution in [0.15, 0.2) is 32.9 Å². The number of rotatable bonds is 3. The summed E-state index contributed by atoms with van der Waals surface area (Å²) in [6, 6.07) is 5.03. The number of fused-ring (bicyclic) bond motifs is 1. The molecular weight excluding hydrogens is 367 g/mol. The lowest BCUT2D eigenvalue weighted by Crippen LogP contribution is -2.37. The second kappa shape index (κ2) is 6.38. The Hall–Kier alpha value is -2.58. The predicted molar refractivity (Wildman–Crippen MR) is 98.9 cm³/mol. The highest BCUT2D eigenvalue weighted by molar-refractivity contribution is 6.36. The van der Waals surface area contributed by atoms with Crippen LogP contribution in [0.1, 0.15) is 5.56 Å². The number of imidazole rings is 1. The summed E-state index contributed by atoms with van der Waals surface area (Å²) >= 11 is 11.9. The molecule has 2 heterocycles. The average Bonchev–Trinajstić information content (AvgIpc) is 2.90. The number of aromatic nitrogens is 4. The summed E-state index contributed by atoms with van der Waals surface area (Å²) in [6.07, 6.45) is 1.51. The molecule has 8 nitrogen and oxygen atoms in total. The smallest absolute Gasteiger partial charge is 0.306 e. The van der Waals surface area contributed by atoms with Gasteiger partial charge in [-0.1, -0.05) is 29.3 Å². The first-order valence-electron chi connectivity index (χ1n) is 7.18. The minimum Gasteiger partial charge on any atom is -0.306 e. The van der Waals surface area contributed by atoms with Gasteiger partial charge in [0.15, 0.2) is 11.2 Å². The molecule has 0 amide bonds. The van der Waals surface area contributed by atoms with Crippen LogP contribution in [0, 0.1) is 0 Å². The number of halogens is 2. The van der Waals surface area contributed by atoms with Gasteiger partial charge in [-0.05, 0) is 12.1 Å². The molecule has 25 heavy (non-hydrogen) atoms. The summed E-state index contributed by atoms with van der Waals surface area (Å²) in [5, 5.41) is 5.07. The van der Waals surface area contributed by atoms with E-state index >= 15 is 0 Å². The van der Waals surface area contributed by atoms with Crippen LogP contribution in [0.5, 0.6) is 0 Å². The zero-order chi connectivity index (χ0) is 18.3. The molecule has 0 aliphatic heterocycles. The average molecular weight is 381 g/mol. The number of nitrogens with one attached hydrogen (secondary N) is 1. The third-order valence-corrected chi connectivity index (χ3v) is 4.37. The molecule has 130 valence electrons. The SMILES string of the molecule is Cn1c(=O)c2c(nc(N/N=C/c3ccc(Cl)cc3Cl)n2C)n(C)c1=O. The van der Waals surface area contributed by atoms with Crippen molar-refractivity contribution in [2.24, 2.45) is 26.2 Å². The van der Waals surface area contributed by atoms with Gasteiger partial charge >= 0.3 is 5.69 Å². The van der Waals surface area contributed by atoms with E-state index < -0.39 is 11.2 Å². The number of nitrogens with zero attached hydrogens (tertiary/aromatic N) is 5. The Balaban J connectivity index is 2.00. The molecule has 0 fully saturated rings. The Kier molecular flexibility index (Phi) is 4.40. The van der Waals surface area contributed by atoms with E-state index in [0.717, 1.165) is 4.57 Å². The number of hydrogen-bond acceptors (Lipinski definition) is 5. The summed E-state index contributed by atoms with van der Waals surface area (Å²) in [6.45, 7) is 0. The molecule has 2 aromatic heterocycles. The molecule has 10 heteroatoms. The predicted octanol–water partition coefficient (Wildman–Crippen LogP) is 1.72. The summed E-state index contributed by atoms with van der Waals surface area (Å²) in [5.74, 6) is 0.314. The lowest BCUT2D eigenvalue weighted by molar-refractivity contribution is 0.705. The molecular formula is C15H14Cl2N6O2. The zero-order valence-corrected chi connectivity index (χ0v) is 15.1. The number of hydrogen-bond donors (Lipinski definition) is 1. The minimum absolute atomic E-state index is 0.276. The van der Waals surface area contributed by atoms with Gasteiger partial charge in [0.1, 0.15) is 0 Å².